The number of pyridine rings is 1. The lowest BCUT2D eigenvalue weighted by molar-refractivity contribution is 0.340. The van der Waals surface area contributed by atoms with Gasteiger partial charge in [0.25, 0.3) is 0 Å². The number of hydrogen-bond acceptors (Lipinski definition) is 6. The van der Waals surface area contributed by atoms with Crippen molar-refractivity contribution in [2.24, 2.45) is 0 Å². The molecule has 0 spiro atoms. The van der Waals surface area contributed by atoms with Crippen LogP contribution < -0.4 is 10.6 Å². The molecular formula is C20H25FN6. The molecule has 27 heavy (non-hydrogen) atoms. The van der Waals surface area contributed by atoms with Crippen molar-refractivity contribution in [1.29, 1.82) is 5.26 Å². The zero-order chi connectivity index (χ0) is 19.1. The normalized spacial score (nSPS) is 15.7. The van der Waals surface area contributed by atoms with Crippen molar-refractivity contribution in [3.63, 3.8) is 0 Å². The molecule has 1 aliphatic rings. The van der Waals surface area contributed by atoms with Crippen molar-refractivity contribution in [2.75, 3.05) is 17.2 Å². The van der Waals surface area contributed by atoms with Crippen LogP contribution in [0.15, 0.2) is 24.5 Å². The van der Waals surface area contributed by atoms with Crippen LogP contribution in [0.4, 0.5) is 16.2 Å². The number of halogens is 1. The minimum Gasteiger partial charge on any atom is -0.367 e. The molecule has 0 radical (unpaired) electrons. The summed E-state index contributed by atoms with van der Waals surface area (Å²) in [4.78, 5) is 13.3. The van der Waals surface area contributed by atoms with Gasteiger partial charge in [0.1, 0.15) is 18.1 Å². The predicted octanol–water partition coefficient (Wildman–Crippen LogP) is 4.31. The molecule has 2 aromatic rings. The predicted molar refractivity (Wildman–Crippen MR) is 104 cm³/mol. The Bertz CT molecular complexity index is 780. The molecule has 0 amide bonds. The van der Waals surface area contributed by atoms with E-state index in [1.165, 1.54) is 19.3 Å². The number of nitrogens with one attached hydrogen (secondary N) is 2. The third-order valence-corrected chi connectivity index (χ3v) is 4.83. The van der Waals surface area contributed by atoms with Crippen LogP contribution in [-0.2, 0) is 0 Å². The van der Waals surface area contributed by atoms with Crippen LogP contribution in [0.5, 0.6) is 0 Å². The van der Waals surface area contributed by atoms with Crippen LogP contribution in [-0.4, -0.2) is 33.7 Å². The van der Waals surface area contributed by atoms with E-state index in [1.807, 2.05) is 6.92 Å². The van der Waals surface area contributed by atoms with Gasteiger partial charge in [0.05, 0.1) is 16.8 Å². The second kappa shape index (κ2) is 9.26. The monoisotopic (exact) mass is 368 g/mol. The molecule has 2 aromatic heterocycles. The van der Waals surface area contributed by atoms with Gasteiger partial charge in [0, 0.05) is 25.0 Å². The first kappa shape index (κ1) is 19.0. The lowest BCUT2D eigenvalue weighted by Gasteiger charge is -2.24. The van der Waals surface area contributed by atoms with E-state index in [4.69, 9.17) is 5.26 Å². The summed E-state index contributed by atoms with van der Waals surface area (Å²) in [6.45, 7) is 2.00. The number of aromatic nitrogens is 3. The third kappa shape index (κ3) is 5.13. The van der Waals surface area contributed by atoms with Crippen molar-refractivity contribution in [3.05, 3.63) is 30.1 Å². The highest BCUT2D eigenvalue weighted by Crippen LogP contribution is 2.28. The highest BCUT2D eigenvalue weighted by atomic mass is 19.1. The van der Waals surface area contributed by atoms with Crippen LogP contribution in [0.2, 0.25) is 0 Å². The number of rotatable bonds is 7. The Kier molecular flexibility index (Phi) is 6.53. The molecule has 2 N–H and O–H groups in total. The molecule has 0 bridgehead atoms. The Labute approximate surface area is 159 Å². The Hall–Kier alpha value is -2.75. The van der Waals surface area contributed by atoms with Crippen LogP contribution in [0, 0.1) is 11.3 Å². The van der Waals surface area contributed by atoms with Crippen molar-refractivity contribution >= 4 is 11.8 Å². The van der Waals surface area contributed by atoms with Crippen molar-refractivity contribution < 1.29 is 4.39 Å². The van der Waals surface area contributed by atoms with Crippen LogP contribution >= 0.6 is 0 Å². The van der Waals surface area contributed by atoms with E-state index >= 15 is 0 Å². The molecule has 1 aliphatic carbocycles. The highest BCUT2D eigenvalue weighted by molar-refractivity contribution is 5.73. The molecule has 6 nitrogen and oxygen atoms in total. The molecule has 1 fully saturated rings. The highest BCUT2D eigenvalue weighted by Gasteiger charge is 2.18. The molecule has 142 valence electrons. The van der Waals surface area contributed by atoms with Gasteiger partial charge in [0.2, 0.25) is 5.95 Å². The number of alkyl halides is 1. The van der Waals surface area contributed by atoms with E-state index in [2.05, 4.69) is 31.7 Å². The molecule has 0 saturated heterocycles. The van der Waals surface area contributed by atoms with Crippen LogP contribution in [0.1, 0.15) is 51.0 Å². The molecule has 1 saturated carbocycles. The van der Waals surface area contributed by atoms with Gasteiger partial charge >= 0.3 is 0 Å². The minimum atomic E-state index is -0.928. The molecular weight excluding hydrogens is 343 g/mol. The van der Waals surface area contributed by atoms with Crippen molar-refractivity contribution in [2.45, 2.75) is 57.7 Å². The summed E-state index contributed by atoms with van der Waals surface area (Å²) in [5.41, 5.74) is 1.99. The fourth-order valence-electron chi connectivity index (χ4n) is 3.17. The zero-order valence-electron chi connectivity index (χ0n) is 15.6. The van der Waals surface area contributed by atoms with Gasteiger partial charge in [-0.2, -0.15) is 10.2 Å². The second-order valence-corrected chi connectivity index (χ2v) is 6.87. The lowest BCUT2D eigenvalue weighted by Crippen LogP contribution is -2.24. The first-order valence-electron chi connectivity index (χ1n) is 9.57. The molecule has 0 aliphatic heterocycles. The summed E-state index contributed by atoms with van der Waals surface area (Å²) in [7, 11) is 0. The summed E-state index contributed by atoms with van der Waals surface area (Å²) in [6, 6.07) is 5.96. The number of anilines is 2. The average Bonchev–Trinajstić information content (AvgIpc) is 2.73. The Balaban J connectivity index is 1.86. The zero-order valence-corrected chi connectivity index (χ0v) is 15.6. The van der Waals surface area contributed by atoms with Gasteiger partial charge in [-0.15, -0.1) is 0 Å². The number of hydrogen-bond donors (Lipinski definition) is 2. The smallest absolute Gasteiger partial charge is 0.224 e. The van der Waals surface area contributed by atoms with Crippen LogP contribution in [0.25, 0.3) is 11.3 Å². The first-order chi connectivity index (χ1) is 13.2. The Morgan fingerprint density at radius 2 is 2.04 bits per heavy atom. The maximum atomic E-state index is 13.5. The summed E-state index contributed by atoms with van der Waals surface area (Å²) in [5.74, 6) is 1.10. The van der Waals surface area contributed by atoms with Gasteiger partial charge in [-0.3, -0.25) is 4.98 Å². The lowest BCUT2D eigenvalue weighted by atomic mass is 9.95. The minimum absolute atomic E-state index is 0.188. The first-order valence-corrected chi connectivity index (χ1v) is 9.57. The van der Waals surface area contributed by atoms with E-state index in [-0.39, 0.29) is 6.54 Å². The van der Waals surface area contributed by atoms with Crippen LogP contribution in [0.3, 0.4) is 0 Å². The van der Waals surface area contributed by atoms with E-state index in [0.717, 1.165) is 18.4 Å². The fraction of sp³-hybridized carbons (Fsp3) is 0.500. The van der Waals surface area contributed by atoms with Gasteiger partial charge in [-0.1, -0.05) is 26.2 Å². The van der Waals surface area contributed by atoms with E-state index in [0.29, 0.717) is 35.5 Å². The Morgan fingerprint density at radius 3 is 2.70 bits per heavy atom. The van der Waals surface area contributed by atoms with Gasteiger partial charge in [0.15, 0.2) is 0 Å². The third-order valence-electron chi connectivity index (χ3n) is 4.83. The van der Waals surface area contributed by atoms with Gasteiger partial charge in [-0.25, -0.2) is 9.37 Å². The summed E-state index contributed by atoms with van der Waals surface area (Å²) in [6.07, 6.45) is 8.67. The summed E-state index contributed by atoms with van der Waals surface area (Å²) in [5, 5.41) is 15.5. The van der Waals surface area contributed by atoms with E-state index < -0.39 is 6.17 Å². The number of nitriles is 1. The van der Waals surface area contributed by atoms with Gasteiger partial charge in [-0.05, 0) is 31.4 Å². The molecule has 1 atom stereocenters. The maximum absolute atomic E-state index is 13.5. The van der Waals surface area contributed by atoms with Crippen molar-refractivity contribution in [3.8, 4) is 17.3 Å². The molecule has 3 rings (SSSR count). The average molecular weight is 368 g/mol. The molecule has 1 unspecified atom stereocenters. The molecule has 2 heterocycles. The SMILES string of the molecule is CCC(F)CNc1ncc(-c2ccc(C#N)cn2)c(NC2CCCCC2)n1. The molecule has 7 heteroatoms. The number of nitrogens with zero attached hydrogens (tertiary/aromatic N) is 4. The van der Waals surface area contributed by atoms with Crippen molar-refractivity contribution in [1.82, 2.24) is 15.0 Å². The standard InChI is InChI=1S/C20H25FN6/c1-2-15(21)12-24-20-25-13-17(18-9-8-14(10-22)11-23-18)19(27-20)26-16-6-4-3-5-7-16/h8-9,11,13,15-16H,2-7,12H2,1H3,(H2,24,25,26,27). The molecule has 0 aromatic carbocycles. The summed E-state index contributed by atoms with van der Waals surface area (Å²) < 4.78 is 13.5. The summed E-state index contributed by atoms with van der Waals surface area (Å²) >= 11 is 0. The van der Waals surface area contributed by atoms with E-state index in [1.54, 1.807) is 24.5 Å². The second-order valence-electron chi connectivity index (χ2n) is 6.87. The topological polar surface area (TPSA) is 86.5 Å². The maximum Gasteiger partial charge on any atom is 0.224 e. The van der Waals surface area contributed by atoms with E-state index in [9.17, 15) is 4.39 Å². The fourth-order valence-corrected chi connectivity index (χ4v) is 3.17. The van der Waals surface area contributed by atoms with Gasteiger partial charge < -0.3 is 10.6 Å². The quantitative estimate of drug-likeness (QED) is 0.757. The Morgan fingerprint density at radius 1 is 1.22 bits per heavy atom. The largest absolute Gasteiger partial charge is 0.367 e.